The lowest BCUT2D eigenvalue weighted by molar-refractivity contribution is 0.505. The van der Waals surface area contributed by atoms with Crippen molar-refractivity contribution in [3.05, 3.63) is 0 Å². The molecule has 0 atom stereocenters. The van der Waals surface area contributed by atoms with Gasteiger partial charge in [0.1, 0.15) is 0 Å². The minimum atomic E-state index is 0. The Kier molecular flexibility index (Phi) is 24.6. The quantitative estimate of drug-likeness (QED) is 0.446. The number of rotatable bonds is 0. The Morgan fingerprint density at radius 1 is 1.00 bits per heavy atom. The van der Waals surface area contributed by atoms with Gasteiger partial charge in [0.05, 0.1) is 0 Å². The van der Waals surface area contributed by atoms with Crippen molar-refractivity contribution in [2.45, 2.75) is 0 Å². The van der Waals surface area contributed by atoms with Gasteiger partial charge in [-0.15, -0.1) is 17.0 Å². The molecule has 3 heteroatoms. The molecule has 0 N–H and O–H groups in total. The summed E-state index contributed by atoms with van der Waals surface area (Å²) < 4.78 is 0. The standard InChI is InChI=1S/C3H9N.Al.BrH.3H/c1-4(2)3;;;;;/h1-3H3;;1H;;;. The number of nitrogens with zero attached hydrogens (tertiary/aromatic N) is 1. The van der Waals surface area contributed by atoms with Crippen LogP contribution in [0.1, 0.15) is 0 Å². The predicted octanol–water partition coefficient (Wildman–Crippen LogP) is -0.428. The summed E-state index contributed by atoms with van der Waals surface area (Å²) in [7, 11) is 6.00. The van der Waals surface area contributed by atoms with Crippen molar-refractivity contribution >= 4 is 34.3 Å². The molecule has 0 rings (SSSR count). The molecule has 0 aliphatic heterocycles. The highest BCUT2D eigenvalue weighted by Crippen LogP contribution is 1.47. The maximum Gasteiger partial charge on any atom is 0.187 e. The van der Waals surface area contributed by atoms with E-state index in [4.69, 9.17) is 0 Å². The fourth-order valence-corrected chi connectivity index (χ4v) is 0. The average Bonchev–Trinajstić information content (AvgIpc) is 0.811. The van der Waals surface area contributed by atoms with Crippen molar-refractivity contribution in [2.24, 2.45) is 0 Å². The second kappa shape index (κ2) is 9.36. The third-order valence-electron chi connectivity index (χ3n) is 0. The van der Waals surface area contributed by atoms with E-state index >= 15 is 0 Å². The van der Waals surface area contributed by atoms with Crippen LogP contribution in [0.4, 0.5) is 0 Å². The van der Waals surface area contributed by atoms with Crippen LogP contribution >= 0.6 is 17.0 Å². The molecule has 0 aliphatic rings. The predicted molar refractivity (Wildman–Crippen MR) is 39.9 cm³/mol. The third kappa shape index (κ3) is 83.0. The Morgan fingerprint density at radius 3 is 1.00 bits per heavy atom. The van der Waals surface area contributed by atoms with Crippen LogP contribution in [0.5, 0.6) is 0 Å². The molecule has 0 bridgehead atoms. The van der Waals surface area contributed by atoms with E-state index in [1.807, 2.05) is 26.0 Å². The summed E-state index contributed by atoms with van der Waals surface area (Å²) >= 11 is 0. The lowest BCUT2D eigenvalue weighted by Gasteiger charge is -1.90. The Hall–Kier alpha value is 0.972. The average molecular weight is 170 g/mol. The summed E-state index contributed by atoms with van der Waals surface area (Å²) in [5, 5.41) is 0. The first-order valence-electron chi connectivity index (χ1n) is 1.34. The van der Waals surface area contributed by atoms with Gasteiger partial charge in [0.25, 0.3) is 0 Å². The molecule has 1 nitrogen and oxygen atoms in total. The van der Waals surface area contributed by atoms with E-state index in [-0.39, 0.29) is 34.3 Å². The highest BCUT2D eigenvalue weighted by atomic mass is 79.9. The summed E-state index contributed by atoms with van der Waals surface area (Å²) in [4.78, 5) is 2.00. The van der Waals surface area contributed by atoms with E-state index in [1.54, 1.807) is 0 Å². The van der Waals surface area contributed by atoms with Crippen LogP contribution < -0.4 is 0 Å². The molecule has 6 heavy (non-hydrogen) atoms. The zero-order valence-corrected chi connectivity index (χ0v) is 5.57. The minimum Gasteiger partial charge on any atom is -0.312 e. The zero-order chi connectivity index (χ0) is 3.58. The van der Waals surface area contributed by atoms with Crippen LogP contribution in [-0.2, 0) is 0 Å². The molecule has 0 saturated carbocycles. The first-order valence-corrected chi connectivity index (χ1v) is 1.34. The first-order chi connectivity index (χ1) is 1.73. The molecular formula is C3H13AlBrN. The summed E-state index contributed by atoms with van der Waals surface area (Å²) in [6.07, 6.45) is 0. The fraction of sp³-hybridized carbons (Fsp3) is 1.00. The van der Waals surface area contributed by atoms with Crippen LogP contribution in [0.25, 0.3) is 0 Å². The van der Waals surface area contributed by atoms with Gasteiger partial charge in [-0.3, -0.25) is 0 Å². The third-order valence-corrected chi connectivity index (χ3v) is 0. The molecule has 0 aromatic carbocycles. The largest absolute Gasteiger partial charge is 0.312 e. The van der Waals surface area contributed by atoms with E-state index in [0.29, 0.717) is 0 Å². The molecule has 0 heterocycles. The van der Waals surface area contributed by atoms with Crippen LogP contribution in [-0.4, -0.2) is 43.4 Å². The van der Waals surface area contributed by atoms with E-state index in [1.165, 1.54) is 0 Å². The maximum absolute atomic E-state index is 2.00. The molecule has 0 unspecified atom stereocenters. The first kappa shape index (κ1) is 15.8. The Labute approximate surface area is 60.6 Å². The van der Waals surface area contributed by atoms with Crippen molar-refractivity contribution in [1.29, 1.82) is 0 Å². The van der Waals surface area contributed by atoms with Gasteiger partial charge in [0.15, 0.2) is 17.4 Å². The van der Waals surface area contributed by atoms with E-state index < -0.39 is 0 Å². The van der Waals surface area contributed by atoms with Gasteiger partial charge in [0.2, 0.25) is 0 Å². The molecular weight excluding hydrogens is 157 g/mol. The van der Waals surface area contributed by atoms with Crippen molar-refractivity contribution in [3.63, 3.8) is 0 Å². The van der Waals surface area contributed by atoms with E-state index in [0.717, 1.165) is 0 Å². The van der Waals surface area contributed by atoms with Crippen molar-refractivity contribution < 1.29 is 0 Å². The summed E-state index contributed by atoms with van der Waals surface area (Å²) in [6, 6.07) is 0. The fourth-order valence-electron chi connectivity index (χ4n) is 0. The van der Waals surface area contributed by atoms with Gasteiger partial charge in [-0.2, -0.15) is 0 Å². The van der Waals surface area contributed by atoms with E-state index in [9.17, 15) is 0 Å². The van der Waals surface area contributed by atoms with Crippen LogP contribution in [0, 0.1) is 0 Å². The lowest BCUT2D eigenvalue weighted by Crippen LogP contribution is -1.99. The molecule has 0 saturated heterocycles. The minimum absolute atomic E-state index is 0. The Bertz CT molecular complexity index is 15.5. The monoisotopic (exact) mass is 169 g/mol. The molecule has 0 aliphatic carbocycles. The molecule has 0 fully saturated rings. The van der Waals surface area contributed by atoms with Gasteiger partial charge in [-0.05, 0) is 21.1 Å². The molecule has 0 aromatic rings. The number of hydrogen-bond donors (Lipinski definition) is 0. The molecule has 0 radical (unpaired) electrons. The molecule has 40 valence electrons. The highest BCUT2D eigenvalue weighted by molar-refractivity contribution is 8.93. The maximum atomic E-state index is 2.00. The second-order valence-corrected chi connectivity index (χ2v) is 1.34. The number of halogens is 1. The van der Waals surface area contributed by atoms with Crippen LogP contribution in [0.3, 0.4) is 0 Å². The van der Waals surface area contributed by atoms with E-state index in [2.05, 4.69) is 0 Å². The smallest absolute Gasteiger partial charge is 0.187 e. The summed E-state index contributed by atoms with van der Waals surface area (Å²) in [5.41, 5.74) is 0. The summed E-state index contributed by atoms with van der Waals surface area (Å²) in [5.74, 6) is 0. The topological polar surface area (TPSA) is 3.24 Å². The Morgan fingerprint density at radius 2 is 1.00 bits per heavy atom. The molecule has 0 spiro atoms. The molecule has 0 aromatic heterocycles. The van der Waals surface area contributed by atoms with Gasteiger partial charge < -0.3 is 4.90 Å². The van der Waals surface area contributed by atoms with Crippen molar-refractivity contribution in [1.82, 2.24) is 4.90 Å². The second-order valence-electron chi connectivity index (χ2n) is 1.34. The number of hydrogen-bond acceptors (Lipinski definition) is 1. The molecule has 0 amide bonds. The Balaban J connectivity index is -0.0000000450. The van der Waals surface area contributed by atoms with Crippen molar-refractivity contribution in [2.75, 3.05) is 21.1 Å². The van der Waals surface area contributed by atoms with Crippen LogP contribution in [0.2, 0.25) is 0 Å². The summed E-state index contributed by atoms with van der Waals surface area (Å²) in [6.45, 7) is 0. The SMILES string of the molecule is Br.CN(C)C.[AlH3]. The van der Waals surface area contributed by atoms with Crippen LogP contribution in [0.15, 0.2) is 0 Å². The van der Waals surface area contributed by atoms with Gasteiger partial charge >= 0.3 is 0 Å². The normalized spacial score (nSPS) is 6.00. The van der Waals surface area contributed by atoms with Gasteiger partial charge in [0, 0.05) is 0 Å². The zero-order valence-electron chi connectivity index (χ0n) is 3.86. The lowest BCUT2D eigenvalue weighted by atomic mass is 11.0. The highest BCUT2D eigenvalue weighted by Gasteiger charge is 1.58. The van der Waals surface area contributed by atoms with Gasteiger partial charge in [-0.1, -0.05) is 0 Å². The van der Waals surface area contributed by atoms with Crippen molar-refractivity contribution in [3.8, 4) is 0 Å². The van der Waals surface area contributed by atoms with Gasteiger partial charge in [-0.25, -0.2) is 0 Å².